The van der Waals surface area contributed by atoms with E-state index in [4.69, 9.17) is 0 Å². The highest BCUT2D eigenvalue weighted by atomic mass is 19.1. The lowest BCUT2D eigenvalue weighted by molar-refractivity contribution is 0.101. The summed E-state index contributed by atoms with van der Waals surface area (Å²) in [6.45, 7) is 4.46. The third kappa shape index (κ3) is 1.82. The van der Waals surface area contributed by atoms with Crippen molar-refractivity contribution in [3.63, 3.8) is 0 Å². The van der Waals surface area contributed by atoms with Crippen molar-refractivity contribution in [2.45, 2.75) is 26.8 Å². The van der Waals surface area contributed by atoms with Gasteiger partial charge in [0, 0.05) is 28.4 Å². The van der Waals surface area contributed by atoms with Gasteiger partial charge >= 0.3 is 0 Å². The molecule has 0 saturated carbocycles. The molecule has 2 nitrogen and oxygen atoms in total. The monoisotopic (exact) mass is 269 g/mol. The van der Waals surface area contributed by atoms with Gasteiger partial charge in [0.25, 0.3) is 0 Å². The summed E-state index contributed by atoms with van der Waals surface area (Å²) in [5, 5.41) is 1.43. The summed E-state index contributed by atoms with van der Waals surface area (Å²) in [6.07, 6.45) is 0.976. The van der Waals surface area contributed by atoms with E-state index < -0.39 is 0 Å². The molecule has 0 bridgehead atoms. The molecule has 0 aliphatic carbocycles. The minimum absolute atomic E-state index is 0.000342. The first-order valence-electron chi connectivity index (χ1n) is 6.85. The summed E-state index contributed by atoms with van der Waals surface area (Å²) in [5.74, 6) is -0.234. The highest BCUT2D eigenvalue weighted by molar-refractivity contribution is 6.10. The minimum atomic E-state index is -0.233. The number of benzene rings is 2. The largest absolute Gasteiger partial charge is 0.340 e. The lowest BCUT2D eigenvalue weighted by atomic mass is 10.1. The zero-order valence-electron chi connectivity index (χ0n) is 11.6. The average Bonchev–Trinajstić information content (AvgIpc) is 2.74. The van der Waals surface area contributed by atoms with Gasteiger partial charge in [0.15, 0.2) is 5.78 Å². The first-order chi connectivity index (χ1) is 9.63. The summed E-state index contributed by atoms with van der Waals surface area (Å²) in [6, 6.07) is 10.7. The van der Waals surface area contributed by atoms with Crippen LogP contribution < -0.4 is 0 Å². The Hall–Kier alpha value is -2.16. The lowest BCUT2D eigenvalue weighted by Gasteiger charge is -2.05. The molecule has 0 radical (unpaired) electrons. The lowest BCUT2D eigenvalue weighted by Crippen LogP contribution is -1.96. The van der Waals surface area contributed by atoms with Crippen molar-refractivity contribution in [3.8, 4) is 0 Å². The van der Waals surface area contributed by atoms with Gasteiger partial charge in [-0.1, -0.05) is 13.0 Å². The molecule has 2 aromatic carbocycles. The molecule has 0 atom stereocenters. The molecule has 102 valence electrons. The van der Waals surface area contributed by atoms with Gasteiger partial charge in [-0.15, -0.1) is 0 Å². The summed E-state index contributed by atoms with van der Waals surface area (Å²) >= 11 is 0. The maximum Gasteiger partial charge on any atom is 0.159 e. The second-order valence-corrected chi connectivity index (χ2v) is 5.07. The van der Waals surface area contributed by atoms with E-state index in [-0.39, 0.29) is 11.6 Å². The molecule has 0 N–H and O–H groups in total. The summed E-state index contributed by atoms with van der Waals surface area (Å²) in [7, 11) is 0. The van der Waals surface area contributed by atoms with Gasteiger partial charge in [-0.25, -0.2) is 4.39 Å². The van der Waals surface area contributed by atoms with Gasteiger partial charge in [0.1, 0.15) is 5.82 Å². The predicted octanol–water partition coefficient (Wildman–Crippen LogP) is 4.55. The Bertz CT molecular complexity index is 817. The van der Waals surface area contributed by atoms with E-state index in [1.165, 1.54) is 13.0 Å². The zero-order valence-corrected chi connectivity index (χ0v) is 11.6. The average molecular weight is 269 g/mol. The number of aromatic nitrogens is 1. The van der Waals surface area contributed by atoms with Gasteiger partial charge in [0.05, 0.1) is 5.52 Å². The van der Waals surface area contributed by atoms with E-state index >= 15 is 0 Å². The minimum Gasteiger partial charge on any atom is -0.340 e. The van der Waals surface area contributed by atoms with Gasteiger partial charge in [-0.05, 0) is 43.7 Å². The third-order valence-electron chi connectivity index (χ3n) is 3.69. The number of hydrogen-bond acceptors (Lipinski definition) is 1. The van der Waals surface area contributed by atoms with E-state index in [0.717, 1.165) is 29.4 Å². The molecule has 1 aromatic heterocycles. The van der Waals surface area contributed by atoms with Crippen molar-refractivity contribution < 1.29 is 9.18 Å². The van der Waals surface area contributed by atoms with Crippen LogP contribution in [0.2, 0.25) is 0 Å². The van der Waals surface area contributed by atoms with E-state index in [1.54, 1.807) is 12.1 Å². The van der Waals surface area contributed by atoms with Crippen molar-refractivity contribution in [2.24, 2.45) is 0 Å². The van der Waals surface area contributed by atoms with Crippen LogP contribution in [-0.4, -0.2) is 10.4 Å². The topological polar surface area (TPSA) is 22.0 Å². The molecule has 1 heterocycles. The molecule has 0 unspecified atom stereocenters. The zero-order chi connectivity index (χ0) is 14.3. The molecular formula is C17H16FNO. The number of aryl methyl sites for hydroxylation is 1. The molecular weight excluding hydrogens is 253 g/mol. The number of hydrogen-bond donors (Lipinski definition) is 0. The number of halogens is 1. The van der Waals surface area contributed by atoms with E-state index in [1.807, 2.05) is 18.2 Å². The van der Waals surface area contributed by atoms with Gasteiger partial charge < -0.3 is 4.57 Å². The second kappa shape index (κ2) is 4.75. The van der Waals surface area contributed by atoms with E-state index in [2.05, 4.69) is 11.5 Å². The molecule has 0 saturated heterocycles. The van der Waals surface area contributed by atoms with Crippen molar-refractivity contribution in [1.82, 2.24) is 4.57 Å². The van der Waals surface area contributed by atoms with Crippen LogP contribution in [0.5, 0.6) is 0 Å². The Morgan fingerprint density at radius 2 is 2.00 bits per heavy atom. The molecule has 0 spiro atoms. The second-order valence-electron chi connectivity index (χ2n) is 5.07. The SMILES string of the molecule is CCCn1c2ccc(C(C)=O)cc2c2c(F)cccc21. The number of ketones is 1. The van der Waals surface area contributed by atoms with Crippen molar-refractivity contribution in [3.05, 3.63) is 47.8 Å². The fraction of sp³-hybridized carbons (Fsp3) is 0.235. The molecule has 3 heteroatoms. The van der Waals surface area contributed by atoms with Crippen molar-refractivity contribution in [1.29, 1.82) is 0 Å². The molecule has 0 fully saturated rings. The molecule has 0 aliphatic heterocycles. The van der Waals surface area contributed by atoms with Crippen molar-refractivity contribution >= 4 is 27.6 Å². The van der Waals surface area contributed by atoms with Crippen LogP contribution in [0.3, 0.4) is 0 Å². The molecule has 0 amide bonds. The van der Waals surface area contributed by atoms with Gasteiger partial charge in [-0.3, -0.25) is 4.79 Å². The van der Waals surface area contributed by atoms with Crippen LogP contribution in [0.15, 0.2) is 36.4 Å². The third-order valence-corrected chi connectivity index (χ3v) is 3.69. The Labute approximate surface area is 116 Å². The Morgan fingerprint density at radius 1 is 1.20 bits per heavy atom. The smallest absolute Gasteiger partial charge is 0.159 e. The highest BCUT2D eigenvalue weighted by Gasteiger charge is 2.14. The van der Waals surface area contributed by atoms with E-state index in [0.29, 0.717) is 10.9 Å². The fourth-order valence-corrected chi connectivity index (χ4v) is 2.79. The summed E-state index contributed by atoms with van der Waals surface area (Å²) < 4.78 is 16.3. The summed E-state index contributed by atoms with van der Waals surface area (Å²) in [4.78, 5) is 11.5. The highest BCUT2D eigenvalue weighted by Crippen LogP contribution is 2.32. The Kier molecular flexibility index (Phi) is 3.05. The molecule has 0 aliphatic rings. The number of Topliss-reactive ketones (excluding diaryl/α,β-unsaturated/α-hetero) is 1. The number of nitrogens with zero attached hydrogens (tertiary/aromatic N) is 1. The van der Waals surface area contributed by atoms with Crippen LogP contribution >= 0.6 is 0 Å². The van der Waals surface area contributed by atoms with Crippen molar-refractivity contribution in [2.75, 3.05) is 0 Å². The number of carbonyl (C=O) groups is 1. The van der Waals surface area contributed by atoms with Crippen LogP contribution in [-0.2, 0) is 6.54 Å². The standard InChI is InChI=1S/C17H16FNO/c1-3-9-19-15-8-7-12(11(2)20)10-13(15)17-14(18)5-4-6-16(17)19/h4-8,10H,3,9H2,1-2H3. The van der Waals surface area contributed by atoms with Crippen LogP contribution in [0, 0.1) is 5.82 Å². The first-order valence-corrected chi connectivity index (χ1v) is 6.85. The predicted molar refractivity (Wildman–Crippen MR) is 79.7 cm³/mol. The fourth-order valence-electron chi connectivity index (χ4n) is 2.79. The summed E-state index contributed by atoms with van der Waals surface area (Å²) in [5.41, 5.74) is 2.50. The van der Waals surface area contributed by atoms with E-state index in [9.17, 15) is 9.18 Å². The molecule has 3 rings (SSSR count). The van der Waals surface area contributed by atoms with Gasteiger partial charge in [0.2, 0.25) is 0 Å². The Morgan fingerprint density at radius 3 is 2.70 bits per heavy atom. The maximum atomic E-state index is 14.2. The Balaban J connectivity index is 2.47. The number of rotatable bonds is 3. The van der Waals surface area contributed by atoms with Crippen LogP contribution in [0.4, 0.5) is 4.39 Å². The van der Waals surface area contributed by atoms with Crippen LogP contribution in [0.1, 0.15) is 30.6 Å². The normalized spacial score (nSPS) is 11.3. The van der Waals surface area contributed by atoms with Crippen LogP contribution in [0.25, 0.3) is 21.8 Å². The number of fused-ring (bicyclic) bond motifs is 3. The molecule has 3 aromatic rings. The first kappa shape index (κ1) is 12.9. The maximum absolute atomic E-state index is 14.2. The number of carbonyl (C=O) groups excluding carboxylic acids is 1. The van der Waals surface area contributed by atoms with Gasteiger partial charge in [-0.2, -0.15) is 0 Å². The quantitative estimate of drug-likeness (QED) is 0.639. The molecule has 20 heavy (non-hydrogen) atoms.